The molecule has 9 nitrogen and oxygen atoms in total. The highest BCUT2D eigenvalue weighted by Gasteiger charge is 2.11. The monoisotopic (exact) mass is 329 g/mol. The van der Waals surface area contributed by atoms with Crippen LogP contribution >= 0.6 is 23.4 Å². The topological polar surface area (TPSA) is 118 Å². The van der Waals surface area contributed by atoms with Crippen molar-refractivity contribution >= 4 is 29.3 Å². The van der Waals surface area contributed by atoms with Gasteiger partial charge in [0, 0.05) is 13.6 Å². The number of halogens is 1. The lowest BCUT2D eigenvalue weighted by Gasteiger charge is -2.07. The summed E-state index contributed by atoms with van der Waals surface area (Å²) in [6.45, 7) is 2.70. The van der Waals surface area contributed by atoms with Gasteiger partial charge >= 0.3 is 11.1 Å². The highest BCUT2D eigenvalue weighted by molar-refractivity contribution is 7.99. The molecule has 0 aliphatic rings. The van der Waals surface area contributed by atoms with E-state index in [4.69, 9.17) is 11.6 Å². The number of hydrogen-bond acceptors (Lipinski definition) is 8. The second-order valence-electron chi connectivity index (χ2n) is 3.94. The molecule has 0 saturated heterocycles. The fourth-order valence-electron chi connectivity index (χ4n) is 1.33. The number of H-pyrrole nitrogens is 1. The number of anilines is 1. The Labute approximate surface area is 128 Å². The van der Waals surface area contributed by atoms with Crippen molar-refractivity contribution in [3.63, 3.8) is 0 Å². The van der Waals surface area contributed by atoms with Crippen LogP contribution in [0.15, 0.2) is 19.9 Å². The van der Waals surface area contributed by atoms with Crippen molar-refractivity contribution in [1.29, 1.82) is 0 Å². The zero-order chi connectivity index (χ0) is 15.4. The number of aromatic nitrogens is 6. The lowest BCUT2D eigenvalue weighted by Crippen LogP contribution is -2.33. The van der Waals surface area contributed by atoms with Gasteiger partial charge in [-0.2, -0.15) is 19.9 Å². The first-order chi connectivity index (χ1) is 9.99. The van der Waals surface area contributed by atoms with Crippen LogP contribution < -0.4 is 16.4 Å². The van der Waals surface area contributed by atoms with Gasteiger partial charge in [-0.25, -0.2) is 0 Å². The molecule has 112 valence electrons. The summed E-state index contributed by atoms with van der Waals surface area (Å²) in [7, 11) is 1.55. The maximum Gasteiger partial charge on any atom is 0.339 e. The van der Waals surface area contributed by atoms with Gasteiger partial charge in [-0.1, -0.05) is 6.92 Å². The first-order valence-corrected chi connectivity index (χ1v) is 7.19. The zero-order valence-corrected chi connectivity index (χ0v) is 12.8. The van der Waals surface area contributed by atoms with E-state index < -0.39 is 11.1 Å². The van der Waals surface area contributed by atoms with Gasteiger partial charge in [-0.3, -0.25) is 19.4 Å². The molecule has 2 N–H and O–H groups in total. The number of aryl methyl sites for hydroxylation is 1. The Balaban J connectivity index is 2.31. The van der Waals surface area contributed by atoms with Crippen LogP contribution in [-0.4, -0.2) is 36.3 Å². The highest BCUT2D eigenvalue weighted by Crippen LogP contribution is 2.22. The Bertz CT molecular complexity index is 760. The summed E-state index contributed by atoms with van der Waals surface area (Å²) < 4.78 is 1.31. The van der Waals surface area contributed by atoms with Crippen molar-refractivity contribution in [2.75, 3.05) is 11.9 Å². The van der Waals surface area contributed by atoms with Gasteiger partial charge in [0.25, 0.3) is 0 Å². The van der Waals surface area contributed by atoms with E-state index in [1.54, 1.807) is 7.05 Å². The van der Waals surface area contributed by atoms with Gasteiger partial charge in [0.1, 0.15) is 0 Å². The van der Waals surface area contributed by atoms with Gasteiger partial charge in [0.05, 0.1) is 0 Å². The van der Waals surface area contributed by atoms with Crippen LogP contribution in [0, 0.1) is 0 Å². The van der Waals surface area contributed by atoms with E-state index in [2.05, 4.69) is 30.4 Å². The van der Waals surface area contributed by atoms with Crippen molar-refractivity contribution in [3.05, 3.63) is 26.0 Å². The first kappa shape index (κ1) is 15.4. The van der Waals surface area contributed by atoms with E-state index in [1.807, 2.05) is 6.92 Å². The van der Waals surface area contributed by atoms with Crippen LogP contribution in [-0.2, 0) is 7.05 Å². The Hall–Kier alpha value is -1.94. The Morgan fingerprint density at radius 2 is 2.05 bits per heavy atom. The molecular weight excluding hydrogens is 318 g/mol. The molecule has 21 heavy (non-hydrogen) atoms. The second-order valence-corrected chi connectivity index (χ2v) is 5.21. The Morgan fingerprint density at radius 3 is 2.76 bits per heavy atom. The molecule has 2 rings (SSSR count). The predicted octanol–water partition coefficient (Wildman–Crippen LogP) is 0.280. The standard InChI is InChI=1S/C10H12ClN7O2S/c1-3-4-12-8-14-7(11)15-9(16-8)21-10-13-5(19)6(20)17-18(10)2/h3-4H2,1-2H3,(H,17,20)(H,12,14,15,16). The molecule has 0 amide bonds. The number of aromatic amines is 1. The number of rotatable bonds is 5. The van der Waals surface area contributed by atoms with E-state index in [0.29, 0.717) is 12.5 Å². The normalized spacial score (nSPS) is 10.6. The predicted molar refractivity (Wildman–Crippen MR) is 77.8 cm³/mol. The molecule has 0 aromatic carbocycles. The van der Waals surface area contributed by atoms with Crippen molar-refractivity contribution in [3.8, 4) is 0 Å². The minimum absolute atomic E-state index is 0.0283. The summed E-state index contributed by atoms with van der Waals surface area (Å²) in [6, 6.07) is 0. The molecule has 0 radical (unpaired) electrons. The van der Waals surface area contributed by atoms with Crippen molar-refractivity contribution in [1.82, 2.24) is 29.7 Å². The fraction of sp³-hybridized carbons (Fsp3) is 0.400. The van der Waals surface area contributed by atoms with Crippen LogP contribution in [0.1, 0.15) is 13.3 Å². The third kappa shape index (κ3) is 4.02. The Morgan fingerprint density at radius 1 is 1.29 bits per heavy atom. The molecule has 0 aliphatic carbocycles. The maximum atomic E-state index is 11.3. The smallest absolute Gasteiger partial charge is 0.339 e. The largest absolute Gasteiger partial charge is 0.354 e. The molecule has 0 aliphatic heterocycles. The average Bonchev–Trinajstić information content (AvgIpc) is 2.42. The molecule has 0 saturated carbocycles. The summed E-state index contributed by atoms with van der Waals surface area (Å²) in [5.74, 6) is 0.341. The van der Waals surface area contributed by atoms with Crippen LogP contribution in [0.2, 0.25) is 5.28 Å². The number of hydrogen-bond donors (Lipinski definition) is 2. The van der Waals surface area contributed by atoms with E-state index in [-0.39, 0.29) is 15.6 Å². The molecule has 2 aromatic rings. The molecule has 0 spiro atoms. The quantitative estimate of drug-likeness (QED) is 0.751. The second kappa shape index (κ2) is 6.68. The zero-order valence-electron chi connectivity index (χ0n) is 11.3. The summed E-state index contributed by atoms with van der Waals surface area (Å²) >= 11 is 6.82. The van der Waals surface area contributed by atoms with Crippen LogP contribution in [0.25, 0.3) is 0 Å². The van der Waals surface area contributed by atoms with Crippen molar-refractivity contribution in [2.45, 2.75) is 23.7 Å². The van der Waals surface area contributed by atoms with Crippen LogP contribution in [0.3, 0.4) is 0 Å². The SMILES string of the molecule is CCCNc1nc(Cl)nc(Sc2nc(=O)c(=O)[nH]n2C)n1. The summed E-state index contributed by atoms with van der Waals surface area (Å²) in [6.07, 6.45) is 0.905. The molecule has 0 unspecified atom stereocenters. The lowest BCUT2D eigenvalue weighted by molar-refractivity contribution is 0.595. The van der Waals surface area contributed by atoms with Gasteiger partial charge in [-0.05, 0) is 29.8 Å². The average molecular weight is 330 g/mol. The van der Waals surface area contributed by atoms with E-state index >= 15 is 0 Å². The van der Waals surface area contributed by atoms with E-state index in [0.717, 1.165) is 18.2 Å². The fourth-order valence-corrected chi connectivity index (χ4v) is 2.28. The summed E-state index contributed by atoms with van der Waals surface area (Å²) in [4.78, 5) is 38.1. The van der Waals surface area contributed by atoms with Gasteiger partial charge in [0.2, 0.25) is 16.4 Å². The molecule has 2 heterocycles. The van der Waals surface area contributed by atoms with E-state index in [1.165, 1.54) is 4.68 Å². The molecule has 0 fully saturated rings. The number of nitrogens with one attached hydrogen (secondary N) is 2. The Kier molecular flexibility index (Phi) is 4.91. The lowest BCUT2D eigenvalue weighted by atomic mass is 10.5. The molecule has 0 bridgehead atoms. The summed E-state index contributed by atoms with van der Waals surface area (Å²) in [5.41, 5.74) is -1.67. The molecular formula is C10H12ClN7O2S. The maximum absolute atomic E-state index is 11.3. The van der Waals surface area contributed by atoms with Gasteiger partial charge in [0.15, 0.2) is 5.16 Å². The van der Waals surface area contributed by atoms with Crippen LogP contribution in [0.4, 0.5) is 5.95 Å². The third-order valence-corrected chi connectivity index (χ3v) is 3.33. The van der Waals surface area contributed by atoms with Crippen molar-refractivity contribution < 1.29 is 0 Å². The minimum Gasteiger partial charge on any atom is -0.354 e. The third-order valence-electron chi connectivity index (χ3n) is 2.25. The first-order valence-electron chi connectivity index (χ1n) is 6.00. The molecule has 2 aromatic heterocycles. The van der Waals surface area contributed by atoms with Crippen LogP contribution in [0.5, 0.6) is 0 Å². The minimum atomic E-state index is -0.875. The van der Waals surface area contributed by atoms with E-state index in [9.17, 15) is 9.59 Å². The highest BCUT2D eigenvalue weighted by atomic mass is 35.5. The van der Waals surface area contributed by atoms with Gasteiger partial charge in [-0.15, -0.1) is 0 Å². The molecule has 0 atom stereocenters. The number of nitrogens with zero attached hydrogens (tertiary/aromatic N) is 5. The summed E-state index contributed by atoms with van der Waals surface area (Å²) in [5, 5.41) is 5.86. The van der Waals surface area contributed by atoms with Gasteiger partial charge < -0.3 is 5.32 Å². The molecule has 11 heteroatoms. The van der Waals surface area contributed by atoms with Crippen molar-refractivity contribution in [2.24, 2.45) is 7.05 Å².